The highest BCUT2D eigenvalue weighted by atomic mass is 19.4. The molecule has 0 heterocycles. The molecule has 0 saturated heterocycles. The monoisotopic (exact) mass is 277 g/mol. The lowest BCUT2D eigenvalue weighted by Gasteiger charge is -2.09. The topological polar surface area (TPSA) is 30.5 Å². The van der Waals surface area contributed by atoms with Gasteiger partial charge in [0.2, 0.25) is 0 Å². The zero-order chi connectivity index (χ0) is 14.1. The van der Waals surface area contributed by atoms with Gasteiger partial charge >= 0.3 is 6.36 Å². The highest BCUT2D eigenvalue weighted by Crippen LogP contribution is 2.22. The Hall–Kier alpha value is -1.27. The molecule has 0 aromatic heterocycles. The van der Waals surface area contributed by atoms with E-state index in [1.54, 1.807) is 19.2 Å². The number of halogens is 3. The molecule has 0 fully saturated rings. The van der Waals surface area contributed by atoms with E-state index in [1.165, 1.54) is 12.1 Å². The number of unbranched alkanes of at least 4 members (excludes halogenated alkanes) is 1. The summed E-state index contributed by atoms with van der Waals surface area (Å²) >= 11 is 0. The molecule has 0 unspecified atom stereocenters. The summed E-state index contributed by atoms with van der Waals surface area (Å²) in [5, 5.41) is 3.21. The van der Waals surface area contributed by atoms with E-state index in [2.05, 4.69) is 10.1 Å². The Balaban J connectivity index is 2.25. The Bertz CT molecular complexity index is 352. The molecule has 1 aromatic carbocycles. The smallest absolute Gasteiger partial charge is 0.406 e. The molecular formula is C13H18F3NO2. The summed E-state index contributed by atoms with van der Waals surface area (Å²) in [6, 6.07) is 5.86. The molecular weight excluding hydrogens is 259 g/mol. The molecule has 0 aliphatic rings. The first-order chi connectivity index (χ1) is 9.01. The summed E-state index contributed by atoms with van der Waals surface area (Å²) in [5.41, 5.74) is 0.918. The van der Waals surface area contributed by atoms with Gasteiger partial charge in [0.05, 0.1) is 0 Å². The first-order valence-electron chi connectivity index (χ1n) is 6.05. The Morgan fingerprint density at radius 2 is 1.79 bits per heavy atom. The average molecular weight is 277 g/mol. The number of methoxy groups -OCH3 is 1. The Morgan fingerprint density at radius 1 is 1.11 bits per heavy atom. The predicted octanol–water partition coefficient (Wildman–Crippen LogP) is 3.10. The lowest BCUT2D eigenvalue weighted by atomic mass is 10.2. The SMILES string of the molecule is COCCCCNCc1ccc(OC(F)(F)F)cc1. The first kappa shape index (κ1) is 15.8. The van der Waals surface area contributed by atoms with Crippen molar-refractivity contribution in [2.75, 3.05) is 20.3 Å². The summed E-state index contributed by atoms with van der Waals surface area (Å²) < 4.78 is 44.6. The van der Waals surface area contributed by atoms with Crippen LogP contribution in [0.5, 0.6) is 5.75 Å². The maximum atomic E-state index is 11.9. The van der Waals surface area contributed by atoms with E-state index in [1.807, 2.05) is 0 Å². The summed E-state index contributed by atoms with van der Waals surface area (Å²) in [7, 11) is 1.66. The number of nitrogens with one attached hydrogen (secondary N) is 1. The van der Waals surface area contributed by atoms with Crippen molar-refractivity contribution in [3.8, 4) is 5.75 Å². The van der Waals surface area contributed by atoms with Gasteiger partial charge in [0.25, 0.3) is 0 Å². The van der Waals surface area contributed by atoms with Gasteiger partial charge < -0.3 is 14.8 Å². The standard InChI is InChI=1S/C13H18F3NO2/c1-18-9-3-2-8-17-10-11-4-6-12(7-5-11)19-13(14,15)16/h4-7,17H,2-3,8-10H2,1H3. The maximum absolute atomic E-state index is 11.9. The average Bonchev–Trinajstić information content (AvgIpc) is 2.34. The highest BCUT2D eigenvalue weighted by molar-refractivity contribution is 5.27. The van der Waals surface area contributed by atoms with Gasteiger partial charge in [-0.3, -0.25) is 0 Å². The largest absolute Gasteiger partial charge is 0.573 e. The molecule has 3 nitrogen and oxygen atoms in total. The van der Waals surface area contributed by atoms with Crippen LogP contribution in [0, 0.1) is 0 Å². The van der Waals surface area contributed by atoms with Gasteiger partial charge in [-0.1, -0.05) is 12.1 Å². The van der Waals surface area contributed by atoms with Crippen molar-refractivity contribution in [2.24, 2.45) is 0 Å². The molecule has 0 atom stereocenters. The van der Waals surface area contributed by atoms with Gasteiger partial charge in [0.1, 0.15) is 5.75 Å². The van der Waals surface area contributed by atoms with Crippen LogP contribution in [0.4, 0.5) is 13.2 Å². The number of benzene rings is 1. The Kier molecular flexibility index (Phi) is 6.66. The van der Waals surface area contributed by atoms with Crippen molar-refractivity contribution < 1.29 is 22.6 Å². The van der Waals surface area contributed by atoms with E-state index < -0.39 is 6.36 Å². The number of rotatable bonds is 8. The van der Waals surface area contributed by atoms with Gasteiger partial charge in [-0.2, -0.15) is 0 Å². The minimum atomic E-state index is -4.64. The van der Waals surface area contributed by atoms with E-state index in [4.69, 9.17) is 4.74 Å². The van der Waals surface area contributed by atoms with Crippen molar-refractivity contribution >= 4 is 0 Å². The molecule has 1 rings (SSSR count). The number of hydrogen-bond acceptors (Lipinski definition) is 3. The predicted molar refractivity (Wildman–Crippen MR) is 65.9 cm³/mol. The third-order valence-corrected chi connectivity index (χ3v) is 2.44. The molecule has 1 aromatic rings. The fourth-order valence-electron chi connectivity index (χ4n) is 1.54. The number of alkyl halides is 3. The highest BCUT2D eigenvalue weighted by Gasteiger charge is 2.30. The summed E-state index contributed by atoms with van der Waals surface area (Å²) in [5.74, 6) is -0.198. The second kappa shape index (κ2) is 8.01. The number of ether oxygens (including phenoxy) is 2. The van der Waals surface area contributed by atoms with Crippen molar-refractivity contribution in [3.05, 3.63) is 29.8 Å². The molecule has 19 heavy (non-hydrogen) atoms. The molecule has 0 bridgehead atoms. The molecule has 0 spiro atoms. The van der Waals surface area contributed by atoms with Gasteiger partial charge in [0.15, 0.2) is 0 Å². The summed E-state index contributed by atoms with van der Waals surface area (Å²) in [6.45, 7) is 2.22. The third kappa shape index (κ3) is 7.69. The molecule has 6 heteroatoms. The quantitative estimate of drug-likeness (QED) is 0.741. The van der Waals surface area contributed by atoms with E-state index in [-0.39, 0.29) is 5.75 Å². The van der Waals surface area contributed by atoms with Crippen LogP contribution in [0.15, 0.2) is 24.3 Å². The minimum Gasteiger partial charge on any atom is -0.406 e. The van der Waals surface area contributed by atoms with E-state index >= 15 is 0 Å². The lowest BCUT2D eigenvalue weighted by Crippen LogP contribution is -2.17. The Morgan fingerprint density at radius 3 is 2.37 bits per heavy atom. The summed E-state index contributed by atoms with van der Waals surface area (Å²) in [4.78, 5) is 0. The zero-order valence-corrected chi connectivity index (χ0v) is 10.8. The van der Waals surface area contributed by atoms with E-state index in [9.17, 15) is 13.2 Å². The molecule has 108 valence electrons. The molecule has 0 amide bonds. The first-order valence-corrected chi connectivity index (χ1v) is 6.05. The molecule has 0 saturated carbocycles. The van der Waals surface area contributed by atoms with E-state index in [0.717, 1.165) is 31.6 Å². The molecule has 1 N–H and O–H groups in total. The molecule has 0 aliphatic heterocycles. The van der Waals surface area contributed by atoms with Gasteiger partial charge in [-0.05, 0) is 37.1 Å². The lowest BCUT2D eigenvalue weighted by molar-refractivity contribution is -0.274. The normalized spacial score (nSPS) is 11.6. The van der Waals surface area contributed by atoms with Crippen LogP contribution in [0.2, 0.25) is 0 Å². The molecule has 0 radical (unpaired) electrons. The van der Waals surface area contributed by atoms with Crippen molar-refractivity contribution in [3.63, 3.8) is 0 Å². The van der Waals surface area contributed by atoms with Crippen LogP contribution in [-0.4, -0.2) is 26.6 Å². The van der Waals surface area contributed by atoms with Gasteiger partial charge in [-0.25, -0.2) is 0 Å². The number of hydrogen-bond donors (Lipinski definition) is 1. The van der Waals surface area contributed by atoms with Crippen molar-refractivity contribution in [1.82, 2.24) is 5.32 Å². The zero-order valence-electron chi connectivity index (χ0n) is 10.8. The van der Waals surface area contributed by atoms with Crippen molar-refractivity contribution in [2.45, 2.75) is 25.7 Å². The van der Waals surface area contributed by atoms with Gasteiger partial charge in [-0.15, -0.1) is 13.2 Å². The third-order valence-electron chi connectivity index (χ3n) is 2.44. The van der Waals surface area contributed by atoms with Crippen molar-refractivity contribution in [1.29, 1.82) is 0 Å². The van der Waals surface area contributed by atoms with Crippen LogP contribution in [0.25, 0.3) is 0 Å². The van der Waals surface area contributed by atoms with Crippen LogP contribution in [-0.2, 0) is 11.3 Å². The summed E-state index contributed by atoms with van der Waals surface area (Å²) in [6.07, 6.45) is -2.65. The van der Waals surface area contributed by atoms with Gasteiger partial charge in [0, 0.05) is 20.3 Å². The second-order valence-corrected chi connectivity index (χ2v) is 4.07. The van der Waals surface area contributed by atoms with Crippen LogP contribution >= 0.6 is 0 Å². The Labute approximate surface area is 110 Å². The van der Waals surface area contributed by atoms with E-state index in [0.29, 0.717) is 6.54 Å². The minimum absolute atomic E-state index is 0.198. The fourth-order valence-corrected chi connectivity index (χ4v) is 1.54. The van der Waals surface area contributed by atoms with Crippen LogP contribution < -0.4 is 10.1 Å². The molecule has 0 aliphatic carbocycles. The maximum Gasteiger partial charge on any atom is 0.573 e. The second-order valence-electron chi connectivity index (χ2n) is 4.07. The fraction of sp³-hybridized carbons (Fsp3) is 0.538. The van der Waals surface area contributed by atoms with Crippen LogP contribution in [0.1, 0.15) is 18.4 Å². The van der Waals surface area contributed by atoms with Crippen LogP contribution in [0.3, 0.4) is 0 Å².